The molecular formula is C20H24N2O2. The number of benzene rings is 2. The minimum Gasteiger partial charge on any atom is -0.508 e. The molecule has 0 unspecified atom stereocenters. The number of nitrogens with zero attached hydrogens (tertiary/aromatic N) is 1. The molecular weight excluding hydrogens is 300 g/mol. The van der Waals surface area contributed by atoms with Crippen molar-refractivity contribution in [3.63, 3.8) is 0 Å². The van der Waals surface area contributed by atoms with E-state index >= 15 is 0 Å². The van der Waals surface area contributed by atoms with Crippen molar-refractivity contribution < 1.29 is 9.90 Å². The number of phenols is 1. The van der Waals surface area contributed by atoms with E-state index in [1.807, 2.05) is 6.07 Å². The van der Waals surface area contributed by atoms with Crippen LogP contribution in [0.3, 0.4) is 0 Å². The van der Waals surface area contributed by atoms with E-state index in [9.17, 15) is 9.90 Å². The molecule has 1 heterocycles. The second-order valence-electron chi connectivity index (χ2n) is 6.63. The molecule has 0 saturated carbocycles. The van der Waals surface area contributed by atoms with Gasteiger partial charge in [0.2, 0.25) is 0 Å². The van der Waals surface area contributed by atoms with Gasteiger partial charge < -0.3 is 10.4 Å². The van der Waals surface area contributed by atoms with Crippen molar-refractivity contribution in [2.75, 3.05) is 13.1 Å². The van der Waals surface area contributed by atoms with E-state index in [0.29, 0.717) is 24.1 Å². The van der Waals surface area contributed by atoms with E-state index in [-0.39, 0.29) is 11.7 Å². The molecule has 2 atom stereocenters. The van der Waals surface area contributed by atoms with Gasteiger partial charge in [0.15, 0.2) is 0 Å². The lowest BCUT2D eigenvalue weighted by molar-refractivity contribution is 0.0947. The average Bonchev–Trinajstić information content (AvgIpc) is 2.93. The Balaban J connectivity index is 1.51. The van der Waals surface area contributed by atoms with Crippen LogP contribution in [0.25, 0.3) is 0 Å². The van der Waals surface area contributed by atoms with Crippen molar-refractivity contribution >= 4 is 5.91 Å². The second-order valence-corrected chi connectivity index (χ2v) is 6.63. The molecule has 4 heteroatoms. The molecule has 0 aromatic heterocycles. The SMILES string of the molecule is C[C@H]1C[C@H](CNC(=O)c2cccc(O)c2)CN1Cc1ccccc1. The van der Waals surface area contributed by atoms with Gasteiger partial charge in [-0.25, -0.2) is 0 Å². The molecule has 4 nitrogen and oxygen atoms in total. The van der Waals surface area contributed by atoms with Crippen LogP contribution < -0.4 is 5.32 Å². The minimum absolute atomic E-state index is 0.117. The van der Waals surface area contributed by atoms with Gasteiger partial charge in [-0.05, 0) is 43.0 Å². The second kappa shape index (κ2) is 7.49. The number of hydrogen-bond donors (Lipinski definition) is 2. The van der Waals surface area contributed by atoms with E-state index in [4.69, 9.17) is 0 Å². The Hall–Kier alpha value is -2.33. The Labute approximate surface area is 143 Å². The number of phenolic OH excluding ortho intramolecular Hbond substituents is 1. The number of hydrogen-bond acceptors (Lipinski definition) is 3. The smallest absolute Gasteiger partial charge is 0.251 e. The van der Waals surface area contributed by atoms with Gasteiger partial charge in [0.25, 0.3) is 5.91 Å². The van der Waals surface area contributed by atoms with Crippen LogP contribution in [0, 0.1) is 5.92 Å². The predicted octanol–water partition coefficient (Wildman–Crippen LogP) is 3.03. The first kappa shape index (κ1) is 16.5. The molecule has 0 bridgehead atoms. The number of rotatable bonds is 5. The Bertz CT molecular complexity index is 687. The fourth-order valence-corrected chi connectivity index (χ4v) is 3.39. The summed E-state index contributed by atoms with van der Waals surface area (Å²) in [7, 11) is 0. The van der Waals surface area contributed by atoms with Crippen molar-refractivity contribution in [3.05, 3.63) is 65.7 Å². The number of nitrogens with one attached hydrogen (secondary N) is 1. The van der Waals surface area contributed by atoms with Crippen molar-refractivity contribution in [3.8, 4) is 5.75 Å². The zero-order chi connectivity index (χ0) is 16.9. The van der Waals surface area contributed by atoms with Crippen molar-refractivity contribution in [1.29, 1.82) is 0 Å². The fourth-order valence-electron chi connectivity index (χ4n) is 3.39. The van der Waals surface area contributed by atoms with E-state index in [1.54, 1.807) is 18.2 Å². The van der Waals surface area contributed by atoms with Crippen LogP contribution in [-0.4, -0.2) is 35.0 Å². The quantitative estimate of drug-likeness (QED) is 0.889. The van der Waals surface area contributed by atoms with Gasteiger partial charge in [0.05, 0.1) is 0 Å². The molecule has 2 aromatic rings. The van der Waals surface area contributed by atoms with Crippen LogP contribution in [0.2, 0.25) is 0 Å². The van der Waals surface area contributed by atoms with Gasteiger partial charge in [-0.15, -0.1) is 0 Å². The fraction of sp³-hybridized carbons (Fsp3) is 0.350. The Morgan fingerprint density at radius 2 is 2.00 bits per heavy atom. The van der Waals surface area contributed by atoms with Crippen LogP contribution >= 0.6 is 0 Å². The molecule has 2 N–H and O–H groups in total. The molecule has 1 saturated heterocycles. The highest BCUT2D eigenvalue weighted by atomic mass is 16.3. The highest BCUT2D eigenvalue weighted by molar-refractivity contribution is 5.94. The summed E-state index contributed by atoms with van der Waals surface area (Å²) in [5.41, 5.74) is 1.83. The van der Waals surface area contributed by atoms with E-state index < -0.39 is 0 Å². The summed E-state index contributed by atoms with van der Waals surface area (Å²) in [6.07, 6.45) is 1.09. The number of carbonyl (C=O) groups is 1. The summed E-state index contributed by atoms with van der Waals surface area (Å²) in [4.78, 5) is 14.6. The van der Waals surface area contributed by atoms with Gasteiger partial charge in [0, 0.05) is 31.2 Å². The number of amides is 1. The highest BCUT2D eigenvalue weighted by Gasteiger charge is 2.29. The topological polar surface area (TPSA) is 52.6 Å². The summed E-state index contributed by atoms with van der Waals surface area (Å²) in [5, 5.41) is 12.5. The van der Waals surface area contributed by atoms with Crippen molar-refractivity contribution in [2.45, 2.75) is 25.9 Å². The number of aromatic hydroxyl groups is 1. The highest BCUT2D eigenvalue weighted by Crippen LogP contribution is 2.24. The standard InChI is InChI=1S/C20H24N2O2/c1-15-10-17(14-22(15)13-16-6-3-2-4-7-16)12-21-20(24)18-8-5-9-19(23)11-18/h2-9,11,15,17,23H,10,12-14H2,1H3,(H,21,24)/t15-,17+/m0/s1. The first-order valence-electron chi connectivity index (χ1n) is 8.47. The maximum Gasteiger partial charge on any atom is 0.251 e. The zero-order valence-corrected chi connectivity index (χ0v) is 14.0. The maximum absolute atomic E-state index is 12.2. The summed E-state index contributed by atoms with van der Waals surface area (Å²) in [5.74, 6) is 0.455. The number of carbonyl (C=O) groups excluding carboxylic acids is 1. The van der Waals surface area contributed by atoms with E-state index in [0.717, 1.165) is 19.5 Å². The number of likely N-dealkylation sites (tertiary alicyclic amines) is 1. The van der Waals surface area contributed by atoms with Gasteiger partial charge in [0.1, 0.15) is 5.75 Å². The van der Waals surface area contributed by atoms with Crippen LogP contribution in [0.4, 0.5) is 0 Å². The largest absolute Gasteiger partial charge is 0.508 e. The van der Waals surface area contributed by atoms with Crippen LogP contribution in [0.15, 0.2) is 54.6 Å². The molecule has 0 aliphatic carbocycles. The molecule has 1 amide bonds. The normalized spacial score (nSPS) is 20.9. The molecule has 2 aromatic carbocycles. The molecule has 24 heavy (non-hydrogen) atoms. The lowest BCUT2D eigenvalue weighted by atomic mass is 10.1. The predicted molar refractivity (Wildman–Crippen MR) is 94.9 cm³/mol. The molecule has 1 aliphatic heterocycles. The van der Waals surface area contributed by atoms with Crippen LogP contribution in [0.5, 0.6) is 5.75 Å². The van der Waals surface area contributed by atoms with Gasteiger partial charge >= 0.3 is 0 Å². The third-order valence-corrected chi connectivity index (χ3v) is 4.68. The van der Waals surface area contributed by atoms with Gasteiger partial charge in [-0.2, -0.15) is 0 Å². The third-order valence-electron chi connectivity index (χ3n) is 4.68. The zero-order valence-electron chi connectivity index (χ0n) is 14.0. The van der Waals surface area contributed by atoms with E-state index in [1.165, 1.54) is 11.6 Å². The maximum atomic E-state index is 12.2. The molecule has 3 rings (SSSR count). The van der Waals surface area contributed by atoms with Gasteiger partial charge in [-0.1, -0.05) is 36.4 Å². The first-order valence-corrected chi connectivity index (χ1v) is 8.47. The molecule has 1 aliphatic rings. The average molecular weight is 324 g/mol. The monoisotopic (exact) mass is 324 g/mol. The minimum atomic E-state index is -0.125. The summed E-state index contributed by atoms with van der Waals surface area (Å²) < 4.78 is 0. The molecule has 126 valence electrons. The van der Waals surface area contributed by atoms with Crippen LogP contribution in [0.1, 0.15) is 29.3 Å². The van der Waals surface area contributed by atoms with Crippen molar-refractivity contribution in [2.24, 2.45) is 5.92 Å². The Kier molecular flexibility index (Phi) is 5.16. The molecule has 0 spiro atoms. The van der Waals surface area contributed by atoms with Crippen LogP contribution in [-0.2, 0) is 6.54 Å². The molecule has 0 radical (unpaired) electrons. The summed E-state index contributed by atoms with van der Waals surface area (Å²) in [6.45, 7) is 4.87. The third kappa shape index (κ3) is 4.15. The van der Waals surface area contributed by atoms with Gasteiger partial charge in [-0.3, -0.25) is 9.69 Å². The lowest BCUT2D eigenvalue weighted by Crippen LogP contribution is -2.31. The first-order chi connectivity index (χ1) is 11.6. The molecule has 1 fully saturated rings. The lowest BCUT2D eigenvalue weighted by Gasteiger charge is -2.21. The Morgan fingerprint density at radius 3 is 2.75 bits per heavy atom. The summed E-state index contributed by atoms with van der Waals surface area (Å²) in [6, 6.07) is 17.5. The Morgan fingerprint density at radius 1 is 1.21 bits per heavy atom. The van der Waals surface area contributed by atoms with E-state index in [2.05, 4.69) is 41.4 Å². The van der Waals surface area contributed by atoms with Crippen molar-refractivity contribution in [1.82, 2.24) is 10.2 Å². The summed E-state index contributed by atoms with van der Waals surface area (Å²) >= 11 is 0.